The molecule has 43 heavy (non-hydrogen) atoms. The predicted octanol–water partition coefficient (Wildman–Crippen LogP) is -0.753. The lowest BCUT2D eigenvalue weighted by molar-refractivity contribution is -0.153. The SMILES string of the molecule is NCCN1CCN(C(=O)NC(C(=O)NC2Cc3ccc(F)c(C(=O)O)c3OB2O)c2c(F)cc(O)c(O)c2Cl)C(=O)C1=O. The quantitative estimate of drug-likeness (QED) is 0.115. The summed E-state index contributed by atoms with van der Waals surface area (Å²) >= 11 is 6.02. The Kier molecular flexibility index (Phi) is 8.93. The molecule has 2 aromatic rings. The maximum absolute atomic E-state index is 15.1. The monoisotopic (exact) mass is 625 g/mol. The van der Waals surface area contributed by atoms with Gasteiger partial charge in [-0.25, -0.2) is 18.4 Å². The molecule has 0 saturated carbocycles. The number of nitrogens with two attached hydrogens (primary N) is 1. The number of nitrogens with zero attached hydrogens (tertiary/aromatic N) is 2. The van der Waals surface area contributed by atoms with Crippen LogP contribution in [0, 0.1) is 11.6 Å². The van der Waals surface area contributed by atoms with Crippen molar-refractivity contribution in [3.8, 4) is 17.2 Å². The Bertz CT molecular complexity index is 1530. The van der Waals surface area contributed by atoms with Gasteiger partial charge < -0.3 is 46.3 Å². The molecule has 1 fully saturated rings. The number of benzene rings is 2. The summed E-state index contributed by atoms with van der Waals surface area (Å²) in [5.41, 5.74) is 3.78. The summed E-state index contributed by atoms with van der Waals surface area (Å²) in [6, 6.07) is -1.08. The van der Waals surface area contributed by atoms with Crippen molar-refractivity contribution in [3.63, 3.8) is 0 Å². The van der Waals surface area contributed by atoms with Gasteiger partial charge in [-0.3, -0.25) is 19.3 Å². The Hall–Kier alpha value is -4.68. The normalized spacial score (nSPS) is 17.2. The smallest absolute Gasteiger partial charge is 0.534 e. The molecule has 4 rings (SSSR count). The number of hydrogen-bond acceptors (Lipinski definition) is 10. The van der Waals surface area contributed by atoms with Gasteiger partial charge in [-0.15, -0.1) is 0 Å². The van der Waals surface area contributed by atoms with Crippen molar-refractivity contribution < 1.29 is 57.8 Å². The van der Waals surface area contributed by atoms with E-state index in [9.17, 15) is 48.7 Å². The Morgan fingerprint density at radius 1 is 1.16 bits per heavy atom. The number of rotatable bonds is 7. The maximum Gasteiger partial charge on any atom is 0.547 e. The number of aromatic hydroxyl groups is 2. The van der Waals surface area contributed by atoms with E-state index in [0.29, 0.717) is 11.0 Å². The number of fused-ring (bicyclic) bond motifs is 1. The molecular formula is C24H23BClF2N5O10. The number of carboxylic acid groups (broad SMARTS) is 1. The molecule has 2 aliphatic heterocycles. The zero-order chi connectivity index (χ0) is 31.7. The van der Waals surface area contributed by atoms with Crippen LogP contribution in [-0.2, 0) is 20.8 Å². The van der Waals surface area contributed by atoms with Crippen molar-refractivity contribution in [1.29, 1.82) is 0 Å². The molecule has 2 atom stereocenters. The molecule has 0 aliphatic carbocycles. The molecule has 1 saturated heterocycles. The highest BCUT2D eigenvalue weighted by atomic mass is 35.5. The first kappa shape index (κ1) is 31.3. The van der Waals surface area contributed by atoms with E-state index in [2.05, 4.69) is 10.6 Å². The number of nitrogens with one attached hydrogen (secondary N) is 2. The fourth-order valence-corrected chi connectivity index (χ4v) is 4.90. The maximum atomic E-state index is 15.1. The molecule has 0 radical (unpaired) electrons. The largest absolute Gasteiger partial charge is 0.547 e. The summed E-state index contributed by atoms with van der Waals surface area (Å²) in [4.78, 5) is 64.6. The molecule has 228 valence electrons. The van der Waals surface area contributed by atoms with Gasteiger partial charge in [0.25, 0.3) is 0 Å². The number of carboxylic acids is 1. The highest BCUT2D eigenvalue weighted by Crippen LogP contribution is 2.40. The number of piperazine rings is 1. The zero-order valence-electron chi connectivity index (χ0n) is 21.8. The number of phenols is 2. The number of urea groups is 1. The summed E-state index contributed by atoms with van der Waals surface area (Å²) in [6.07, 6.45) is -0.323. The molecular weight excluding hydrogens is 603 g/mol. The lowest BCUT2D eigenvalue weighted by Crippen LogP contribution is -2.60. The second-order valence-electron chi connectivity index (χ2n) is 9.42. The molecule has 0 aromatic heterocycles. The highest BCUT2D eigenvalue weighted by Gasteiger charge is 2.42. The minimum absolute atomic E-state index is 0.0359. The number of phenolic OH excluding ortho intramolecular Hbond substituents is 2. The van der Waals surface area contributed by atoms with Crippen LogP contribution in [0.25, 0.3) is 0 Å². The number of carbonyl (C=O) groups excluding carboxylic acids is 4. The number of carbonyl (C=O) groups is 5. The van der Waals surface area contributed by atoms with Gasteiger partial charge in [0.05, 0.1) is 11.0 Å². The van der Waals surface area contributed by atoms with E-state index < -0.39 is 93.9 Å². The van der Waals surface area contributed by atoms with Crippen LogP contribution < -0.4 is 21.0 Å². The Labute approximate surface area is 245 Å². The average Bonchev–Trinajstić information content (AvgIpc) is 2.94. The highest BCUT2D eigenvalue weighted by molar-refractivity contribution is 6.47. The first-order valence-corrected chi connectivity index (χ1v) is 12.8. The molecule has 2 aliphatic rings. The van der Waals surface area contributed by atoms with Gasteiger partial charge in [-0.05, 0) is 18.1 Å². The molecule has 15 nitrogen and oxygen atoms in total. The number of halogens is 3. The van der Waals surface area contributed by atoms with E-state index in [1.165, 1.54) is 0 Å². The molecule has 2 aromatic carbocycles. The third-order valence-electron chi connectivity index (χ3n) is 6.73. The predicted molar refractivity (Wildman–Crippen MR) is 141 cm³/mol. The van der Waals surface area contributed by atoms with Crippen molar-refractivity contribution in [3.05, 3.63) is 51.5 Å². The van der Waals surface area contributed by atoms with E-state index in [0.717, 1.165) is 17.0 Å². The van der Waals surface area contributed by atoms with Crippen LogP contribution in [0.5, 0.6) is 17.2 Å². The summed E-state index contributed by atoms with van der Waals surface area (Å²) < 4.78 is 34.3. The minimum Gasteiger partial charge on any atom is -0.534 e. The fraction of sp³-hybridized carbons (Fsp3) is 0.292. The van der Waals surface area contributed by atoms with Crippen LogP contribution in [0.2, 0.25) is 5.02 Å². The second kappa shape index (κ2) is 12.3. The first-order valence-electron chi connectivity index (χ1n) is 12.5. The number of aromatic carboxylic acids is 1. The van der Waals surface area contributed by atoms with Gasteiger partial charge >= 0.3 is 30.9 Å². The standard InChI is InChI=1S/C24H23BClF2N5O10/c26-16-14(11(28)8-12(34)18(16)35)17(31-24(41)33-6-5-32(4-3-29)21(37)22(33)38)20(36)30-13-7-9-1-2-10(27)15(23(39)40)19(9)43-25(13)42/h1-2,8,13,17,34-35,42H,3-7,29H2,(H,30,36)(H,31,41)(H,39,40). The van der Waals surface area contributed by atoms with Crippen molar-refractivity contribution in [2.75, 3.05) is 26.2 Å². The molecule has 0 bridgehead atoms. The Morgan fingerprint density at radius 3 is 2.51 bits per heavy atom. The molecule has 2 unspecified atom stereocenters. The van der Waals surface area contributed by atoms with Gasteiger partial charge in [0.15, 0.2) is 11.5 Å². The summed E-state index contributed by atoms with van der Waals surface area (Å²) in [5.74, 6) is -11.7. The van der Waals surface area contributed by atoms with Crippen LogP contribution >= 0.6 is 11.6 Å². The van der Waals surface area contributed by atoms with Crippen LogP contribution in [-0.4, -0.2) is 99.1 Å². The van der Waals surface area contributed by atoms with Gasteiger partial charge in [0.2, 0.25) is 5.91 Å². The van der Waals surface area contributed by atoms with E-state index in [-0.39, 0.29) is 38.2 Å². The lowest BCUT2D eigenvalue weighted by atomic mass is 9.72. The second-order valence-corrected chi connectivity index (χ2v) is 9.80. The van der Waals surface area contributed by atoms with Crippen molar-refractivity contribution >= 4 is 48.4 Å². The van der Waals surface area contributed by atoms with E-state index in [1.807, 2.05) is 0 Å². The Morgan fingerprint density at radius 2 is 1.86 bits per heavy atom. The fourth-order valence-electron chi connectivity index (χ4n) is 4.61. The van der Waals surface area contributed by atoms with Crippen molar-refractivity contribution in [2.45, 2.75) is 18.4 Å². The van der Waals surface area contributed by atoms with Crippen LogP contribution in [0.15, 0.2) is 18.2 Å². The van der Waals surface area contributed by atoms with Crippen LogP contribution in [0.1, 0.15) is 27.5 Å². The molecule has 19 heteroatoms. The van der Waals surface area contributed by atoms with Gasteiger partial charge in [0.1, 0.15) is 29.0 Å². The molecule has 8 N–H and O–H groups in total. The minimum atomic E-state index is -2.15. The number of amides is 5. The third-order valence-corrected chi connectivity index (χ3v) is 7.11. The van der Waals surface area contributed by atoms with Crippen LogP contribution in [0.4, 0.5) is 13.6 Å². The van der Waals surface area contributed by atoms with Gasteiger partial charge in [-0.2, -0.15) is 0 Å². The van der Waals surface area contributed by atoms with Gasteiger partial charge in [-0.1, -0.05) is 17.7 Å². The van der Waals surface area contributed by atoms with E-state index in [1.54, 1.807) is 0 Å². The lowest BCUT2D eigenvalue weighted by Gasteiger charge is -2.34. The zero-order valence-corrected chi connectivity index (χ0v) is 22.6. The van der Waals surface area contributed by atoms with E-state index >= 15 is 4.39 Å². The number of imide groups is 1. The third kappa shape index (κ3) is 5.97. The number of hydrogen-bond donors (Lipinski definition) is 7. The summed E-state index contributed by atoms with van der Waals surface area (Å²) in [5, 5.41) is 43.1. The summed E-state index contributed by atoms with van der Waals surface area (Å²) in [6.45, 7) is -0.334. The van der Waals surface area contributed by atoms with Crippen LogP contribution in [0.3, 0.4) is 0 Å². The molecule has 5 amide bonds. The summed E-state index contributed by atoms with van der Waals surface area (Å²) in [7, 11) is -1.96. The Balaban J connectivity index is 1.64. The van der Waals surface area contributed by atoms with Crippen molar-refractivity contribution in [2.24, 2.45) is 5.73 Å². The molecule has 0 spiro atoms. The van der Waals surface area contributed by atoms with Crippen molar-refractivity contribution in [1.82, 2.24) is 20.4 Å². The first-order chi connectivity index (χ1) is 20.3. The average molecular weight is 626 g/mol. The molecule has 2 heterocycles. The topological polar surface area (TPSA) is 232 Å². The van der Waals surface area contributed by atoms with Gasteiger partial charge in [0, 0.05) is 37.8 Å². The van der Waals surface area contributed by atoms with E-state index in [4.69, 9.17) is 22.0 Å².